The van der Waals surface area contributed by atoms with Crippen molar-refractivity contribution in [3.63, 3.8) is 0 Å². The van der Waals surface area contributed by atoms with Crippen LogP contribution in [0.25, 0.3) is 0 Å². The summed E-state index contributed by atoms with van der Waals surface area (Å²) in [5.41, 5.74) is -0.579. The molecule has 130 valence electrons. The predicted molar refractivity (Wildman–Crippen MR) is 87.6 cm³/mol. The van der Waals surface area contributed by atoms with Gasteiger partial charge in [0.15, 0.2) is 0 Å². The van der Waals surface area contributed by atoms with Crippen LogP contribution in [0.3, 0.4) is 0 Å². The minimum atomic E-state index is -0.645. The molecule has 4 heteroatoms. The summed E-state index contributed by atoms with van der Waals surface area (Å²) in [4.78, 5) is 24.5. The molecule has 0 spiro atoms. The maximum Gasteiger partial charge on any atom is 0.139 e. The van der Waals surface area contributed by atoms with Crippen LogP contribution in [0, 0.1) is 51.8 Å². The molecule has 0 aromatic rings. The maximum absolute atomic E-state index is 12.5. The van der Waals surface area contributed by atoms with Gasteiger partial charge in [-0.25, -0.2) is 0 Å². The van der Waals surface area contributed by atoms with Gasteiger partial charge in [-0.1, -0.05) is 13.8 Å². The Hall–Kier alpha value is -1.21. The zero-order chi connectivity index (χ0) is 17.3. The molecule has 4 rings (SSSR count). The second kappa shape index (κ2) is 5.14. The van der Waals surface area contributed by atoms with Crippen molar-refractivity contribution >= 4 is 11.6 Å². The highest BCUT2D eigenvalue weighted by Crippen LogP contribution is 2.66. The average molecular weight is 329 g/mol. The first-order valence-corrected chi connectivity index (χ1v) is 9.45. The number of rotatable bonds is 0. The lowest BCUT2D eigenvalue weighted by molar-refractivity contribution is -0.177. The van der Waals surface area contributed by atoms with Gasteiger partial charge in [-0.3, -0.25) is 9.59 Å². The second-order valence-electron chi connectivity index (χ2n) is 9.20. The number of nitriles is 1. The Bertz CT molecular complexity index is 637. The predicted octanol–water partition coefficient (Wildman–Crippen LogP) is 2.89. The Morgan fingerprint density at radius 1 is 1.12 bits per heavy atom. The van der Waals surface area contributed by atoms with Gasteiger partial charge >= 0.3 is 0 Å². The number of carbonyl (C=O) groups is 2. The van der Waals surface area contributed by atoms with E-state index >= 15 is 0 Å². The van der Waals surface area contributed by atoms with Crippen LogP contribution in [-0.2, 0) is 9.59 Å². The van der Waals surface area contributed by atoms with Gasteiger partial charge in [-0.05, 0) is 49.4 Å². The lowest BCUT2D eigenvalue weighted by atomic mass is 9.42. The molecule has 0 amide bonds. The molecule has 4 fully saturated rings. The van der Waals surface area contributed by atoms with E-state index < -0.39 is 6.10 Å². The zero-order valence-corrected chi connectivity index (χ0v) is 14.6. The summed E-state index contributed by atoms with van der Waals surface area (Å²) in [6, 6.07) is 2.46. The number of hydrogen-bond donors (Lipinski definition) is 1. The molecule has 0 aromatic heterocycles. The SMILES string of the molecule is C[C@]12C(O)CC(=O)CC1[C@H](C#N)C[C@@H]1[C@@H]2CC[C@]2(C)C(=O)CC[C@@H]12. The van der Waals surface area contributed by atoms with Crippen LogP contribution in [0.2, 0.25) is 0 Å². The van der Waals surface area contributed by atoms with E-state index in [-0.39, 0.29) is 34.9 Å². The van der Waals surface area contributed by atoms with Gasteiger partial charge < -0.3 is 5.11 Å². The summed E-state index contributed by atoms with van der Waals surface area (Å²) >= 11 is 0. The molecule has 0 aliphatic heterocycles. The van der Waals surface area contributed by atoms with E-state index in [0.717, 1.165) is 25.7 Å². The number of Topliss-reactive ketones (excluding diaryl/α,β-unsaturated/α-hetero) is 2. The highest BCUT2D eigenvalue weighted by Gasteiger charge is 2.64. The van der Waals surface area contributed by atoms with E-state index in [1.165, 1.54) is 0 Å². The number of aliphatic hydroxyl groups excluding tert-OH is 1. The fraction of sp³-hybridized carbons (Fsp3) is 0.850. The average Bonchev–Trinajstić information content (AvgIpc) is 2.84. The fourth-order valence-corrected chi connectivity index (χ4v) is 7.09. The topological polar surface area (TPSA) is 78.2 Å². The summed E-state index contributed by atoms with van der Waals surface area (Å²) in [7, 11) is 0. The fourth-order valence-electron chi connectivity index (χ4n) is 7.09. The molecule has 0 radical (unpaired) electrons. The Labute approximate surface area is 143 Å². The third kappa shape index (κ3) is 1.88. The van der Waals surface area contributed by atoms with Crippen LogP contribution in [0.1, 0.15) is 58.8 Å². The second-order valence-corrected chi connectivity index (χ2v) is 9.20. The first-order valence-electron chi connectivity index (χ1n) is 9.45. The van der Waals surface area contributed by atoms with Crippen molar-refractivity contribution < 1.29 is 14.7 Å². The van der Waals surface area contributed by atoms with Crippen LogP contribution in [-0.4, -0.2) is 22.8 Å². The molecule has 4 aliphatic rings. The van der Waals surface area contributed by atoms with Crippen molar-refractivity contribution in [2.45, 2.75) is 64.9 Å². The number of carbonyl (C=O) groups excluding carboxylic acids is 2. The molecule has 1 N–H and O–H groups in total. The summed E-state index contributed by atoms with van der Waals surface area (Å²) in [5, 5.41) is 20.6. The Morgan fingerprint density at radius 2 is 1.88 bits per heavy atom. The van der Waals surface area contributed by atoms with Crippen LogP contribution < -0.4 is 0 Å². The molecule has 24 heavy (non-hydrogen) atoms. The third-order valence-electron chi connectivity index (χ3n) is 8.51. The van der Waals surface area contributed by atoms with Crippen LogP contribution in [0.5, 0.6) is 0 Å². The van der Waals surface area contributed by atoms with E-state index in [2.05, 4.69) is 19.9 Å². The van der Waals surface area contributed by atoms with Crippen LogP contribution >= 0.6 is 0 Å². The summed E-state index contributed by atoms with van der Waals surface area (Å²) in [6.45, 7) is 4.25. The summed E-state index contributed by atoms with van der Waals surface area (Å²) < 4.78 is 0. The van der Waals surface area contributed by atoms with Gasteiger partial charge in [0.25, 0.3) is 0 Å². The maximum atomic E-state index is 12.5. The number of aliphatic hydroxyl groups is 1. The smallest absolute Gasteiger partial charge is 0.139 e. The van der Waals surface area contributed by atoms with E-state index in [4.69, 9.17) is 0 Å². The highest BCUT2D eigenvalue weighted by atomic mass is 16.3. The van der Waals surface area contributed by atoms with E-state index in [0.29, 0.717) is 36.4 Å². The molecule has 0 saturated heterocycles. The van der Waals surface area contributed by atoms with Gasteiger partial charge in [0.2, 0.25) is 0 Å². The van der Waals surface area contributed by atoms with Gasteiger partial charge in [0.1, 0.15) is 11.6 Å². The molecule has 2 unspecified atom stereocenters. The normalized spacial score (nSPS) is 53.8. The number of fused-ring (bicyclic) bond motifs is 5. The van der Waals surface area contributed by atoms with E-state index in [9.17, 15) is 20.0 Å². The zero-order valence-electron chi connectivity index (χ0n) is 14.6. The Balaban J connectivity index is 1.76. The molecule has 4 aliphatic carbocycles. The minimum Gasteiger partial charge on any atom is -0.392 e. The van der Waals surface area contributed by atoms with Crippen LogP contribution in [0.4, 0.5) is 0 Å². The Kier molecular flexibility index (Phi) is 3.49. The first-order chi connectivity index (χ1) is 11.3. The van der Waals surface area contributed by atoms with Gasteiger partial charge in [-0.15, -0.1) is 0 Å². The third-order valence-corrected chi connectivity index (χ3v) is 8.51. The van der Waals surface area contributed by atoms with Crippen LogP contribution in [0.15, 0.2) is 0 Å². The van der Waals surface area contributed by atoms with Gasteiger partial charge in [0, 0.05) is 30.1 Å². The summed E-state index contributed by atoms with van der Waals surface area (Å²) in [6.07, 6.45) is 4.28. The molecular formula is C20H27NO3. The monoisotopic (exact) mass is 329 g/mol. The largest absolute Gasteiger partial charge is 0.392 e. The molecule has 8 atom stereocenters. The van der Waals surface area contributed by atoms with Crippen molar-refractivity contribution in [1.82, 2.24) is 0 Å². The van der Waals surface area contributed by atoms with Gasteiger partial charge in [-0.2, -0.15) is 5.26 Å². The lowest BCUT2D eigenvalue weighted by Crippen LogP contribution is -2.61. The molecule has 0 heterocycles. The molecule has 0 aromatic carbocycles. The van der Waals surface area contributed by atoms with Crippen molar-refractivity contribution in [2.24, 2.45) is 40.4 Å². The molecule has 4 nitrogen and oxygen atoms in total. The quantitative estimate of drug-likeness (QED) is 0.741. The summed E-state index contributed by atoms with van der Waals surface area (Å²) in [5.74, 6) is 1.31. The molecular weight excluding hydrogens is 302 g/mol. The molecule has 4 saturated carbocycles. The lowest BCUT2D eigenvalue weighted by Gasteiger charge is -2.61. The Morgan fingerprint density at radius 3 is 2.58 bits per heavy atom. The first kappa shape index (κ1) is 16.3. The van der Waals surface area contributed by atoms with E-state index in [1.54, 1.807) is 0 Å². The van der Waals surface area contributed by atoms with Crippen molar-refractivity contribution in [1.29, 1.82) is 5.26 Å². The van der Waals surface area contributed by atoms with Gasteiger partial charge in [0.05, 0.1) is 18.1 Å². The van der Waals surface area contributed by atoms with Crippen molar-refractivity contribution in [3.05, 3.63) is 0 Å². The van der Waals surface area contributed by atoms with E-state index in [1.807, 2.05) is 0 Å². The highest BCUT2D eigenvalue weighted by molar-refractivity contribution is 5.87. The standard InChI is InChI=1S/C20H27NO3/c1-19-6-5-15-13(14(19)3-4-17(19)23)7-11(10-21)16-8-12(22)9-18(24)20(15,16)2/h11,13-16,18,24H,3-9H2,1-2H3/t11-,13-,14-,15-,16?,18?,19-,20+/m0/s1. The minimum absolute atomic E-state index is 0.0264. The molecule has 0 bridgehead atoms. The van der Waals surface area contributed by atoms with Crippen molar-refractivity contribution in [2.75, 3.05) is 0 Å². The number of nitrogens with zero attached hydrogens (tertiary/aromatic N) is 1. The number of hydrogen-bond acceptors (Lipinski definition) is 4. The van der Waals surface area contributed by atoms with Crippen molar-refractivity contribution in [3.8, 4) is 6.07 Å². The number of ketones is 2.